The number of rotatable bonds is 2. The Morgan fingerprint density at radius 2 is 2.19 bits per heavy atom. The highest BCUT2D eigenvalue weighted by atomic mass is 16.2. The van der Waals surface area contributed by atoms with Crippen LogP contribution in [0.3, 0.4) is 0 Å². The van der Waals surface area contributed by atoms with Crippen molar-refractivity contribution in [3.63, 3.8) is 0 Å². The Morgan fingerprint density at radius 3 is 2.94 bits per heavy atom. The molecule has 1 aromatic carbocycles. The number of nitrogens with zero attached hydrogens (tertiary/aromatic N) is 1. The second-order valence-electron chi connectivity index (χ2n) is 4.36. The molecule has 0 aromatic heterocycles. The van der Waals surface area contributed by atoms with Crippen molar-refractivity contribution in [2.24, 2.45) is 0 Å². The Hall–Kier alpha value is -1.35. The Bertz CT molecular complexity index is 389. The van der Waals surface area contributed by atoms with Crippen molar-refractivity contribution in [1.82, 2.24) is 10.2 Å². The second kappa shape index (κ2) is 4.66. The van der Waals surface area contributed by atoms with Gasteiger partial charge in [0.15, 0.2) is 0 Å². The van der Waals surface area contributed by atoms with Crippen molar-refractivity contribution < 1.29 is 4.79 Å². The number of amides is 1. The molecule has 1 aliphatic heterocycles. The molecule has 2 rings (SSSR count). The maximum Gasteiger partial charge on any atom is 0.237 e. The lowest BCUT2D eigenvalue weighted by molar-refractivity contribution is -0.128. The van der Waals surface area contributed by atoms with Crippen LogP contribution in [0.25, 0.3) is 0 Å². The summed E-state index contributed by atoms with van der Waals surface area (Å²) in [6.07, 6.45) is 0. The van der Waals surface area contributed by atoms with Gasteiger partial charge in [-0.3, -0.25) is 9.69 Å². The summed E-state index contributed by atoms with van der Waals surface area (Å²) in [7, 11) is 0. The average molecular weight is 218 g/mol. The van der Waals surface area contributed by atoms with Gasteiger partial charge in [0.05, 0.1) is 6.04 Å². The molecule has 1 fully saturated rings. The van der Waals surface area contributed by atoms with Crippen LogP contribution in [0.4, 0.5) is 0 Å². The number of aryl methyl sites for hydroxylation is 1. The van der Waals surface area contributed by atoms with Crippen LogP contribution in [-0.4, -0.2) is 29.9 Å². The maximum atomic E-state index is 11.5. The molecule has 0 saturated carbocycles. The molecule has 16 heavy (non-hydrogen) atoms. The maximum absolute atomic E-state index is 11.5. The van der Waals surface area contributed by atoms with E-state index in [1.54, 1.807) is 0 Å². The van der Waals surface area contributed by atoms with Gasteiger partial charge in [-0.2, -0.15) is 0 Å². The van der Waals surface area contributed by atoms with Crippen molar-refractivity contribution in [2.75, 3.05) is 13.1 Å². The zero-order chi connectivity index (χ0) is 11.5. The van der Waals surface area contributed by atoms with Crippen molar-refractivity contribution >= 4 is 5.91 Å². The van der Waals surface area contributed by atoms with Crippen LogP contribution >= 0.6 is 0 Å². The summed E-state index contributed by atoms with van der Waals surface area (Å²) in [5.74, 6) is 0.139. The van der Waals surface area contributed by atoms with Gasteiger partial charge in [0.1, 0.15) is 0 Å². The van der Waals surface area contributed by atoms with Crippen LogP contribution in [0.2, 0.25) is 0 Å². The van der Waals surface area contributed by atoms with E-state index in [0.29, 0.717) is 0 Å². The van der Waals surface area contributed by atoms with Crippen LogP contribution in [0.5, 0.6) is 0 Å². The molecule has 0 unspecified atom stereocenters. The minimum absolute atomic E-state index is 0.0200. The minimum atomic E-state index is -0.0200. The van der Waals surface area contributed by atoms with Gasteiger partial charge in [-0.25, -0.2) is 0 Å². The molecular weight excluding hydrogens is 200 g/mol. The topological polar surface area (TPSA) is 32.3 Å². The zero-order valence-electron chi connectivity index (χ0n) is 9.86. The Kier molecular flexibility index (Phi) is 3.25. The third-order valence-corrected chi connectivity index (χ3v) is 3.26. The fourth-order valence-electron chi connectivity index (χ4n) is 2.05. The molecule has 1 heterocycles. The van der Waals surface area contributed by atoms with E-state index in [4.69, 9.17) is 0 Å². The molecule has 0 bridgehead atoms. The van der Waals surface area contributed by atoms with Crippen molar-refractivity contribution in [3.8, 4) is 0 Å². The molecule has 0 spiro atoms. The highest BCUT2D eigenvalue weighted by Gasteiger charge is 2.25. The van der Waals surface area contributed by atoms with Gasteiger partial charge >= 0.3 is 0 Å². The number of piperazine rings is 1. The first-order chi connectivity index (χ1) is 7.68. The minimum Gasteiger partial charge on any atom is -0.353 e. The highest BCUT2D eigenvalue weighted by molar-refractivity contribution is 5.81. The number of hydrogen-bond acceptors (Lipinski definition) is 2. The van der Waals surface area contributed by atoms with E-state index in [2.05, 4.69) is 35.3 Å². The van der Waals surface area contributed by atoms with Gasteiger partial charge in [-0.05, 0) is 25.0 Å². The lowest BCUT2D eigenvalue weighted by Gasteiger charge is -2.33. The number of carbonyl (C=O) groups is 1. The Morgan fingerprint density at radius 1 is 1.44 bits per heavy atom. The molecular formula is C13H18N2O. The van der Waals surface area contributed by atoms with Gasteiger partial charge < -0.3 is 5.32 Å². The van der Waals surface area contributed by atoms with Crippen LogP contribution in [0.1, 0.15) is 18.1 Å². The quantitative estimate of drug-likeness (QED) is 0.812. The molecule has 1 atom stereocenters. The van der Waals surface area contributed by atoms with E-state index in [1.165, 1.54) is 11.1 Å². The molecule has 1 aromatic rings. The SMILES string of the molecule is Cc1ccccc1CN1CCNC(=O)[C@@H]1C. The van der Waals surface area contributed by atoms with E-state index in [-0.39, 0.29) is 11.9 Å². The van der Waals surface area contributed by atoms with Crippen molar-refractivity contribution in [3.05, 3.63) is 35.4 Å². The predicted octanol–water partition coefficient (Wildman–Crippen LogP) is 1.32. The van der Waals surface area contributed by atoms with E-state index < -0.39 is 0 Å². The Labute approximate surface area is 96.5 Å². The van der Waals surface area contributed by atoms with Crippen LogP contribution in [0, 0.1) is 6.92 Å². The molecule has 3 nitrogen and oxygen atoms in total. The third-order valence-electron chi connectivity index (χ3n) is 3.26. The summed E-state index contributed by atoms with van der Waals surface area (Å²) in [6.45, 7) is 6.63. The summed E-state index contributed by atoms with van der Waals surface area (Å²) in [4.78, 5) is 13.8. The standard InChI is InChI=1S/C13H18N2O/c1-10-5-3-4-6-12(10)9-15-8-7-14-13(16)11(15)2/h3-6,11H,7-9H2,1-2H3,(H,14,16)/t11-/m0/s1. The van der Waals surface area contributed by atoms with Crippen LogP contribution < -0.4 is 5.32 Å². The smallest absolute Gasteiger partial charge is 0.237 e. The molecule has 86 valence electrons. The molecule has 0 radical (unpaired) electrons. The lowest BCUT2D eigenvalue weighted by Crippen LogP contribution is -2.53. The summed E-state index contributed by atoms with van der Waals surface area (Å²) >= 11 is 0. The summed E-state index contributed by atoms with van der Waals surface area (Å²) in [5, 5.41) is 2.88. The zero-order valence-corrected chi connectivity index (χ0v) is 9.86. The largest absolute Gasteiger partial charge is 0.353 e. The highest BCUT2D eigenvalue weighted by Crippen LogP contribution is 2.13. The molecule has 1 saturated heterocycles. The van der Waals surface area contributed by atoms with Gasteiger partial charge in [0.2, 0.25) is 5.91 Å². The fraction of sp³-hybridized carbons (Fsp3) is 0.462. The molecule has 0 aliphatic carbocycles. The molecule has 3 heteroatoms. The average Bonchev–Trinajstić information content (AvgIpc) is 2.28. The molecule has 1 aliphatic rings. The van der Waals surface area contributed by atoms with Gasteiger partial charge in [0, 0.05) is 19.6 Å². The van der Waals surface area contributed by atoms with E-state index in [1.807, 2.05) is 13.0 Å². The van der Waals surface area contributed by atoms with Gasteiger partial charge in [-0.15, -0.1) is 0 Å². The first-order valence-corrected chi connectivity index (χ1v) is 5.75. The number of nitrogens with one attached hydrogen (secondary N) is 1. The van der Waals surface area contributed by atoms with Gasteiger partial charge in [-0.1, -0.05) is 24.3 Å². The van der Waals surface area contributed by atoms with E-state index in [9.17, 15) is 4.79 Å². The predicted molar refractivity (Wildman–Crippen MR) is 64.1 cm³/mol. The number of hydrogen-bond donors (Lipinski definition) is 1. The first-order valence-electron chi connectivity index (χ1n) is 5.75. The lowest BCUT2D eigenvalue weighted by atomic mass is 10.1. The second-order valence-corrected chi connectivity index (χ2v) is 4.36. The Balaban J connectivity index is 2.09. The van der Waals surface area contributed by atoms with Crippen molar-refractivity contribution in [2.45, 2.75) is 26.4 Å². The number of carbonyl (C=O) groups excluding carboxylic acids is 1. The normalized spacial score (nSPS) is 21.9. The number of benzene rings is 1. The van der Waals surface area contributed by atoms with Gasteiger partial charge in [0.25, 0.3) is 0 Å². The monoisotopic (exact) mass is 218 g/mol. The summed E-state index contributed by atoms with van der Waals surface area (Å²) < 4.78 is 0. The summed E-state index contributed by atoms with van der Waals surface area (Å²) in [6, 6.07) is 8.33. The fourth-order valence-corrected chi connectivity index (χ4v) is 2.05. The van der Waals surface area contributed by atoms with E-state index >= 15 is 0 Å². The first kappa shape index (κ1) is 11.1. The van der Waals surface area contributed by atoms with Crippen LogP contribution in [-0.2, 0) is 11.3 Å². The van der Waals surface area contributed by atoms with E-state index in [0.717, 1.165) is 19.6 Å². The third kappa shape index (κ3) is 2.25. The van der Waals surface area contributed by atoms with Crippen molar-refractivity contribution in [1.29, 1.82) is 0 Å². The summed E-state index contributed by atoms with van der Waals surface area (Å²) in [5.41, 5.74) is 2.60. The molecule has 1 amide bonds. The molecule has 1 N–H and O–H groups in total. The van der Waals surface area contributed by atoms with Crippen LogP contribution in [0.15, 0.2) is 24.3 Å².